The number of urea groups is 1. The lowest BCUT2D eigenvalue weighted by atomic mass is 9.93. The summed E-state index contributed by atoms with van der Waals surface area (Å²) in [6.45, 7) is 2.97. The highest BCUT2D eigenvalue weighted by Crippen LogP contribution is 2.29. The lowest BCUT2D eigenvalue weighted by Gasteiger charge is -2.32. The van der Waals surface area contributed by atoms with Gasteiger partial charge in [-0.05, 0) is 24.5 Å². The third kappa shape index (κ3) is 3.74. The fourth-order valence-electron chi connectivity index (χ4n) is 2.62. The second-order valence-electron chi connectivity index (χ2n) is 5.42. The standard InChI is InChI=1S/C16H22N2O3/c1-2-3-6-9-17-16(21)18-11-13(15(19)20)10-12-7-4-5-8-14(12)18/h4-5,7-8,13H,2-3,6,9-11H2,1H3,(H,17,21)(H,19,20). The molecule has 1 heterocycles. The fourth-order valence-corrected chi connectivity index (χ4v) is 2.62. The molecule has 1 aromatic rings. The Bertz CT molecular complexity index is 516. The maximum atomic E-state index is 12.3. The number of nitrogens with zero attached hydrogens (tertiary/aromatic N) is 1. The lowest BCUT2D eigenvalue weighted by molar-refractivity contribution is -0.141. The Balaban J connectivity index is 2.09. The number of carbonyl (C=O) groups is 2. The van der Waals surface area contributed by atoms with Crippen LogP contribution in [-0.2, 0) is 11.2 Å². The van der Waals surface area contributed by atoms with Gasteiger partial charge >= 0.3 is 12.0 Å². The molecule has 0 aromatic heterocycles. The summed E-state index contributed by atoms with van der Waals surface area (Å²) in [7, 11) is 0. The number of para-hydroxylation sites is 1. The van der Waals surface area contributed by atoms with E-state index in [1.165, 1.54) is 0 Å². The molecule has 2 N–H and O–H groups in total. The Labute approximate surface area is 125 Å². The van der Waals surface area contributed by atoms with Crippen LogP contribution in [0.5, 0.6) is 0 Å². The average Bonchev–Trinajstić information content (AvgIpc) is 2.50. The SMILES string of the molecule is CCCCCNC(=O)N1CC(C(=O)O)Cc2ccccc21. The van der Waals surface area contributed by atoms with E-state index in [0.29, 0.717) is 13.0 Å². The first-order chi connectivity index (χ1) is 10.1. The number of hydrogen-bond acceptors (Lipinski definition) is 2. The molecule has 5 nitrogen and oxygen atoms in total. The maximum Gasteiger partial charge on any atom is 0.321 e. The molecule has 2 amide bonds. The van der Waals surface area contributed by atoms with Crippen molar-refractivity contribution >= 4 is 17.7 Å². The van der Waals surface area contributed by atoms with Crippen LogP contribution in [0.3, 0.4) is 0 Å². The number of carbonyl (C=O) groups excluding carboxylic acids is 1. The number of anilines is 1. The Morgan fingerprint density at radius 2 is 2.10 bits per heavy atom. The molecular weight excluding hydrogens is 268 g/mol. The van der Waals surface area contributed by atoms with Gasteiger partial charge in [-0.3, -0.25) is 9.69 Å². The van der Waals surface area contributed by atoms with E-state index in [1.807, 2.05) is 24.3 Å². The van der Waals surface area contributed by atoms with Crippen LogP contribution in [0.15, 0.2) is 24.3 Å². The highest BCUT2D eigenvalue weighted by Gasteiger charge is 2.31. The minimum Gasteiger partial charge on any atom is -0.481 e. The first-order valence-electron chi connectivity index (χ1n) is 7.49. The highest BCUT2D eigenvalue weighted by molar-refractivity contribution is 5.94. The first kappa shape index (κ1) is 15.4. The number of amides is 2. The molecule has 0 aliphatic carbocycles. The molecule has 0 spiro atoms. The number of benzene rings is 1. The third-order valence-corrected chi connectivity index (χ3v) is 3.80. The third-order valence-electron chi connectivity index (χ3n) is 3.80. The highest BCUT2D eigenvalue weighted by atomic mass is 16.4. The topological polar surface area (TPSA) is 69.6 Å². The quantitative estimate of drug-likeness (QED) is 0.819. The van der Waals surface area contributed by atoms with Gasteiger partial charge in [0.15, 0.2) is 0 Å². The van der Waals surface area contributed by atoms with Crippen LogP contribution in [0.4, 0.5) is 10.5 Å². The van der Waals surface area contributed by atoms with Crippen LogP contribution < -0.4 is 10.2 Å². The van der Waals surface area contributed by atoms with Gasteiger partial charge in [0, 0.05) is 18.8 Å². The molecule has 1 aromatic carbocycles. The zero-order valence-electron chi connectivity index (χ0n) is 12.3. The number of hydrogen-bond donors (Lipinski definition) is 2. The van der Waals surface area contributed by atoms with Crippen LogP contribution >= 0.6 is 0 Å². The van der Waals surface area contributed by atoms with Crippen LogP contribution in [0.25, 0.3) is 0 Å². The summed E-state index contributed by atoms with van der Waals surface area (Å²) in [5.74, 6) is -1.39. The van der Waals surface area contributed by atoms with E-state index in [4.69, 9.17) is 0 Å². The first-order valence-corrected chi connectivity index (χ1v) is 7.49. The summed E-state index contributed by atoms with van der Waals surface area (Å²) >= 11 is 0. The summed E-state index contributed by atoms with van der Waals surface area (Å²) < 4.78 is 0. The van der Waals surface area contributed by atoms with Crippen LogP contribution in [-0.4, -0.2) is 30.2 Å². The number of nitrogens with one attached hydrogen (secondary N) is 1. The molecule has 0 saturated heterocycles. The lowest BCUT2D eigenvalue weighted by Crippen LogP contribution is -2.47. The van der Waals surface area contributed by atoms with Gasteiger partial charge in [-0.1, -0.05) is 38.0 Å². The van der Waals surface area contributed by atoms with Gasteiger partial charge in [0.05, 0.1) is 5.92 Å². The number of aliphatic carboxylic acids is 1. The minimum atomic E-state index is -0.853. The van der Waals surface area contributed by atoms with Gasteiger partial charge in [0.25, 0.3) is 0 Å². The van der Waals surface area contributed by atoms with Gasteiger partial charge < -0.3 is 10.4 Å². The van der Waals surface area contributed by atoms with Crippen LogP contribution in [0.1, 0.15) is 31.7 Å². The second-order valence-corrected chi connectivity index (χ2v) is 5.42. The fraction of sp³-hybridized carbons (Fsp3) is 0.500. The molecular formula is C16H22N2O3. The van der Waals surface area contributed by atoms with E-state index in [2.05, 4.69) is 12.2 Å². The zero-order valence-corrected chi connectivity index (χ0v) is 12.3. The molecule has 1 atom stereocenters. The summed E-state index contributed by atoms with van der Waals surface area (Å²) in [6, 6.07) is 7.31. The zero-order chi connectivity index (χ0) is 15.2. The largest absolute Gasteiger partial charge is 0.481 e. The van der Waals surface area contributed by atoms with Crippen molar-refractivity contribution in [2.75, 3.05) is 18.0 Å². The number of unbranched alkanes of at least 4 members (excludes halogenated alkanes) is 2. The summed E-state index contributed by atoms with van der Waals surface area (Å²) in [4.78, 5) is 25.1. The Kier molecular flexibility index (Phi) is 5.20. The van der Waals surface area contributed by atoms with Crippen molar-refractivity contribution in [3.63, 3.8) is 0 Å². The van der Waals surface area contributed by atoms with Gasteiger partial charge in [-0.25, -0.2) is 4.79 Å². The van der Waals surface area contributed by atoms with Gasteiger partial charge in [0.1, 0.15) is 0 Å². The van der Waals surface area contributed by atoms with E-state index < -0.39 is 11.9 Å². The van der Waals surface area contributed by atoms with Crippen molar-refractivity contribution in [2.24, 2.45) is 5.92 Å². The van der Waals surface area contributed by atoms with Crippen molar-refractivity contribution in [1.82, 2.24) is 5.32 Å². The van der Waals surface area contributed by atoms with Crippen LogP contribution in [0.2, 0.25) is 0 Å². The van der Waals surface area contributed by atoms with Gasteiger partial charge in [-0.2, -0.15) is 0 Å². The smallest absolute Gasteiger partial charge is 0.321 e. The van der Waals surface area contributed by atoms with E-state index in [0.717, 1.165) is 30.5 Å². The van der Waals surface area contributed by atoms with E-state index in [-0.39, 0.29) is 12.6 Å². The molecule has 5 heteroatoms. The molecule has 0 bridgehead atoms. The van der Waals surface area contributed by atoms with Crippen molar-refractivity contribution in [2.45, 2.75) is 32.6 Å². The van der Waals surface area contributed by atoms with Crippen molar-refractivity contribution < 1.29 is 14.7 Å². The van der Waals surface area contributed by atoms with Gasteiger partial charge in [-0.15, -0.1) is 0 Å². The summed E-state index contributed by atoms with van der Waals surface area (Å²) in [5, 5.41) is 12.1. The van der Waals surface area contributed by atoms with Crippen molar-refractivity contribution in [1.29, 1.82) is 0 Å². The Hall–Kier alpha value is -2.04. The molecule has 21 heavy (non-hydrogen) atoms. The minimum absolute atomic E-state index is 0.204. The van der Waals surface area contributed by atoms with Crippen molar-refractivity contribution in [3.05, 3.63) is 29.8 Å². The monoisotopic (exact) mass is 290 g/mol. The number of rotatable bonds is 5. The normalized spacial score (nSPS) is 17.2. The van der Waals surface area contributed by atoms with Crippen molar-refractivity contribution in [3.8, 4) is 0 Å². The Morgan fingerprint density at radius 1 is 1.33 bits per heavy atom. The van der Waals surface area contributed by atoms with Gasteiger partial charge in [0.2, 0.25) is 0 Å². The number of carboxylic acid groups (broad SMARTS) is 1. The van der Waals surface area contributed by atoms with E-state index in [1.54, 1.807) is 4.90 Å². The molecule has 0 fully saturated rings. The molecule has 2 rings (SSSR count). The number of fused-ring (bicyclic) bond motifs is 1. The predicted molar refractivity (Wildman–Crippen MR) is 81.5 cm³/mol. The number of carboxylic acids is 1. The molecule has 0 radical (unpaired) electrons. The second kappa shape index (κ2) is 7.11. The Morgan fingerprint density at radius 3 is 2.81 bits per heavy atom. The molecule has 1 aliphatic rings. The maximum absolute atomic E-state index is 12.3. The predicted octanol–water partition coefficient (Wildman–Crippen LogP) is 2.65. The van der Waals surface area contributed by atoms with Crippen LogP contribution in [0, 0.1) is 5.92 Å². The molecule has 1 aliphatic heterocycles. The van der Waals surface area contributed by atoms with E-state index in [9.17, 15) is 14.7 Å². The summed E-state index contributed by atoms with van der Waals surface area (Å²) in [5.41, 5.74) is 1.74. The average molecular weight is 290 g/mol. The summed E-state index contributed by atoms with van der Waals surface area (Å²) in [6.07, 6.45) is 3.60. The molecule has 0 saturated carbocycles. The molecule has 1 unspecified atom stereocenters. The molecule has 114 valence electrons. The van der Waals surface area contributed by atoms with E-state index >= 15 is 0 Å².